The number of nitrogens with zero attached hydrogens (tertiary/aromatic N) is 2. The predicted molar refractivity (Wildman–Crippen MR) is 55.9 cm³/mol. The lowest BCUT2D eigenvalue weighted by molar-refractivity contribution is 0.507. The van der Waals surface area contributed by atoms with Gasteiger partial charge in [-0.3, -0.25) is 0 Å². The molecule has 1 aliphatic rings. The highest BCUT2D eigenvalue weighted by atomic mass is 14.8. The summed E-state index contributed by atoms with van der Waals surface area (Å²) in [5, 5.41) is 0. The molecule has 1 fully saturated rings. The van der Waals surface area contributed by atoms with Crippen molar-refractivity contribution in [1.29, 1.82) is 0 Å². The Morgan fingerprint density at radius 2 is 1.93 bits per heavy atom. The Morgan fingerprint density at radius 3 is 2.43 bits per heavy atom. The highest BCUT2D eigenvalue weighted by Crippen LogP contribution is 2.37. The Kier molecular flexibility index (Phi) is 2.50. The van der Waals surface area contributed by atoms with Crippen LogP contribution in [0.2, 0.25) is 0 Å². The molecule has 0 aliphatic heterocycles. The maximum Gasteiger partial charge on any atom is 0.125 e. The van der Waals surface area contributed by atoms with Gasteiger partial charge >= 0.3 is 0 Å². The second-order valence-electron chi connectivity index (χ2n) is 4.27. The zero-order valence-corrected chi connectivity index (χ0v) is 8.77. The minimum absolute atomic E-state index is 0.279. The molecule has 2 N–H and O–H groups in total. The number of hydrogen-bond donors (Lipinski definition) is 1. The Balaban J connectivity index is 2.09. The summed E-state index contributed by atoms with van der Waals surface area (Å²) in [5.41, 5.74) is 7.30. The van der Waals surface area contributed by atoms with E-state index < -0.39 is 0 Å². The minimum atomic E-state index is 0.279. The topological polar surface area (TPSA) is 51.8 Å². The molecule has 2 unspecified atom stereocenters. The smallest absolute Gasteiger partial charge is 0.125 e. The molecule has 1 saturated carbocycles. The van der Waals surface area contributed by atoms with Gasteiger partial charge in [-0.15, -0.1) is 0 Å². The molecule has 0 amide bonds. The Bertz CT molecular complexity index is 303. The molecule has 2 rings (SSSR count). The van der Waals surface area contributed by atoms with Crippen molar-refractivity contribution in [3.8, 4) is 0 Å². The van der Waals surface area contributed by atoms with Gasteiger partial charge in [-0.1, -0.05) is 6.92 Å². The lowest BCUT2D eigenvalue weighted by atomic mass is 9.93. The summed E-state index contributed by atoms with van der Waals surface area (Å²) in [6.07, 6.45) is 6.38. The van der Waals surface area contributed by atoms with Gasteiger partial charge in [0.2, 0.25) is 0 Å². The van der Waals surface area contributed by atoms with Crippen LogP contribution in [0, 0.1) is 12.8 Å². The SMILES string of the molecule is Cc1ncc(C(C)C(N)C2CC2)cn1. The van der Waals surface area contributed by atoms with Gasteiger partial charge in [-0.05, 0) is 37.2 Å². The van der Waals surface area contributed by atoms with Crippen molar-refractivity contribution >= 4 is 0 Å². The van der Waals surface area contributed by atoms with Crippen molar-refractivity contribution in [3.63, 3.8) is 0 Å². The van der Waals surface area contributed by atoms with Gasteiger partial charge in [-0.2, -0.15) is 0 Å². The fourth-order valence-corrected chi connectivity index (χ4v) is 1.75. The first-order chi connectivity index (χ1) is 6.68. The fourth-order valence-electron chi connectivity index (χ4n) is 1.75. The number of hydrogen-bond acceptors (Lipinski definition) is 3. The first-order valence-electron chi connectivity index (χ1n) is 5.22. The molecule has 2 atom stereocenters. The second kappa shape index (κ2) is 3.65. The second-order valence-corrected chi connectivity index (χ2v) is 4.27. The molecule has 0 bridgehead atoms. The minimum Gasteiger partial charge on any atom is -0.327 e. The lowest BCUT2D eigenvalue weighted by Gasteiger charge is -2.19. The van der Waals surface area contributed by atoms with Crippen molar-refractivity contribution in [2.24, 2.45) is 11.7 Å². The highest BCUT2D eigenvalue weighted by Gasteiger charge is 2.32. The van der Waals surface area contributed by atoms with Crippen LogP contribution in [0.4, 0.5) is 0 Å². The van der Waals surface area contributed by atoms with Crippen molar-refractivity contribution in [2.45, 2.75) is 38.6 Å². The van der Waals surface area contributed by atoms with Gasteiger partial charge in [0, 0.05) is 18.4 Å². The van der Waals surface area contributed by atoms with Crippen molar-refractivity contribution in [1.82, 2.24) is 9.97 Å². The highest BCUT2D eigenvalue weighted by molar-refractivity contribution is 5.14. The van der Waals surface area contributed by atoms with Crippen LogP contribution in [0.5, 0.6) is 0 Å². The summed E-state index contributed by atoms with van der Waals surface area (Å²) in [6.45, 7) is 4.06. The maximum absolute atomic E-state index is 6.14. The molecule has 0 radical (unpaired) electrons. The molecule has 0 saturated heterocycles. The molecule has 0 aromatic carbocycles. The third-order valence-corrected chi connectivity index (χ3v) is 3.07. The van der Waals surface area contributed by atoms with E-state index in [1.807, 2.05) is 19.3 Å². The third-order valence-electron chi connectivity index (χ3n) is 3.07. The summed E-state index contributed by atoms with van der Waals surface area (Å²) >= 11 is 0. The van der Waals surface area contributed by atoms with E-state index in [2.05, 4.69) is 16.9 Å². The van der Waals surface area contributed by atoms with Crippen LogP contribution in [-0.4, -0.2) is 16.0 Å². The van der Waals surface area contributed by atoms with Crippen molar-refractivity contribution in [3.05, 3.63) is 23.8 Å². The van der Waals surface area contributed by atoms with E-state index in [1.54, 1.807) is 0 Å². The molecule has 14 heavy (non-hydrogen) atoms. The molecule has 1 aromatic rings. The van der Waals surface area contributed by atoms with Crippen LogP contribution >= 0.6 is 0 Å². The van der Waals surface area contributed by atoms with E-state index in [0.717, 1.165) is 17.3 Å². The van der Waals surface area contributed by atoms with Crippen LogP contribution in [-0.2, 0) is 0 Å². The van der Waals surface area contributed by atoms with Gasteiger partial charge in [0.1, 0.15) is 5.82 Å². The van der Waals surface area contributed by atoms with Gasteiger partial charge < -0.3 is 5.73 Å². The summed E-state index contributed by atoms with van der Waals surface area (Å²) in [5.74, 6) is 1.93. The summed E-state index contributed by atoms with van der Waals surface area (Å²) in [7, 11) is 0. The van der Waals surface area contributed by atoms with E-state index >= 15 is 0 Å². The van der Waals surface area contributed by atoms with Crippen LogP contribution in [0.25, 0.3) is 0 Å². The zero-order chi connectivity index (χ0) is 10.1. The van der Waals surface area contributed by atoms with Crippen LogP contribution < -0.4 is 5.73 Å². The monoisotopic (exact) mass is 191 g/mol. The number of aryl methyl sites for hydroxylation is 1. The van der Waals surface area contributed by atoms with Gasteiger partial charge in [-0.25, -0.2) is 9.97 Å². The largest absolute Gasteiger partial charge is 0.327 e. The average molecular weight is 191 g/mol. The maximum atomic E-state index is 6.14. The van der Waals surface area contributed by atoms with Gasteiger partial charge in [0.05, 0.1) is 0 Å². The van der Waals surface area contributed by atoms with Crippen molar-refractivity contribution in [2.75, 3.05) is 0 Å². The van der Waals surface area contributed by atoms with Crippen molar-refractivity contribution < 1.29 is 0 Å². The molecule has 1 aromatic heterocycles. The van der Waals surface area contributed by atoms with Crippen LogP contribution in [0.3, 0.4) is 0 Å². The normalized spacial score (nSPS) is 20.5. The number of nitrogens with two attached hydrogens (primary N) is 1. The lowest BCUT2D eigenvalue weighted by Crippen LogP contribution is -2.29. The van der Waals surface area contributed by atoms with Crippen LogP contribution in [0.15, 0.2) is 12.4 Å². The molecular formula is C11H17N3. The Hall–Kier alpha value is -0.960. The molecule has 3 heteroatoms. The summed E-state index contributed by atoms with van der Waals surface area (Å²) < 4.78 is 0. The van der Waals surface area contributed by atoms with Crippen LogP contribution in [0.1, 0.15) is 37.1 Å². The van der Waals surface area contributed by atoms with Gasteiger partial charge in [0.15, 0.2) is 0 Å². The molecule has 3 nitrogen and oxygen atoms in total. The van der Waals surface area contributed by atoms with Gasteiger partial charge in [0.25, 0.3) is 0 Å². The Labute approximate surface area is 84.8 Å². The fraction of sp³-hybridized carbons (Fsp3) is 0.636. The first kappa shape index (κ1) is 9.59. The third kappa shape index (κ3) is 1.93. The molecule has 0 spiro atoms. The summed E-state index contributed by atoms with van der Waals surface area (Å²) in [4.78, 5) is 8.39. The number of rotatable bonds is 3. The molecule has 1 heterocycles. The number of aromatic nitrogens is 2. The van der Waals surface area contributed by atoms with E-state index in [9.17, 15) is 0 Å². The van der Waals surface area contributed by atoms with E-state index in [1.165, 1.54) is 12.8 Å². The summed E-state index contributed by atoms with van der Waals surface area (Å²) in [6, 6.07) is 0.279. The van der Waals surface area contributed by atoms with E-state index in [4.69, 9.17) is 5.73 Å². The average Bonchev–Trinajstić information content (AvgIpc) is 3.00. The standard InChI is InChI=1S/C11H17N3/c1-7(11(12)9-3-4-9)10-5-13-8(2)14-6-10/h5-7,9,11H,3-4,12H2,1-2H3. The Morgan fingerprint density at radius 1 is 1.36 bits per heavy atom. The quantitative estimate of drug-likeness (QED) is 0.790. The molecule has 1 aliphatic carbocycles. The van der Waals surface area contributed by atoms with E-state index in [0.29, 0.717) is 5.92 Å². The van der Waals surface area contributed by atoms with E-state index in [-0.39, 0.29) is 6.04 Å². The predicted octanol–water partition coefficient (Wildman–Crippen LogP) is 1.63. The zero-order valence-electron chi connectivity index (χ0n) is 8.77. The molecule has 76 valence electrons. The first-order valence-corrected chi connectivity index (χ1v) is 5.22. The molecular weight excluding hydrogens is 174 g/mol.